The second-order valence-electron chi connectivity index (χ2n) is 5.47. The van der Waals surface area contributed by atoms with E-state index in [4.69, 9.17) is 4.74 Å². The maximum Gasteiger partial charge on any atom is 0.324 e. The summed E-state index contributed by atoms with van der Waals surface area (Å²) in [7, 11) is 0. The highest BCUT2D eigenvalue weighted by Crippen LogP contribution is 2.25. The van der Waals surface area contributed by atoms with Crippen LogP contribution < -0.4 is 4.80 Å². The highest BCUT2D eigenvalue weighted by atomic mass is 32.1. The molecule has 0 N–H and O–H groups in total. The van der Waals surface area contributed by atoms with Gasteiger partial charge >= 0.3 is 5.00 Å². The minimum absolute atomic E-state index is 0.0695. The molecule has 0 fully saturated rings. The van der Waals surface area contributed by atoms with Gasteiger partial charge in [0.05, 0.1) is 21.7 Å². The molecule has 3 aromatic rings. The van der Waals surface area contributed by atoms with E-state index >= 15 is 0 Å². The standard InChI is InChI=1S/C17H17N3O4S2/c1-3-24-10-9-19-15-11(2)5-4-6-12(15)26-17(19)18-16(21)13-7-8-14(25-13)20(22)23/h4-8H,3,9-10H2,1-2H3. The molecule has 0 unspecified atom stereocenters. The van der Waals surface area contributed by atoms with E-state index in [1.807, 2.05) is 36.6 Å². The number of fused-ring (bicyclic) bond motifs is 1. The van der Waals surface area contributed by atoms with Gasteiger partial charge in [-0.25, -0.2) is 0 Å². The number of para-hydroxylation sites is 1. The van der Waals surface area contributed by atoms with E-state index in [9.17, 15) is 14.9 Å². The maximum absolute atomic E-state index is 12.5. The van der Waals surface area contributed by atoms with Crippen molar-refractivity contribution in [2.45, 2.75) is 20.4 Å². The highest BCUT2D eigenvalue weighted by molar-refractivity contribution is 7.17. The molecule has 1 amide bonds. The molecule has 0 saturated carbocycles. The lowest BCUT2D eigenvalue weighted by atomic mass is 10.2. The first-order valence-electron chi connectivity index (χ1n) is 8.01. The monoisotopic (exact) mass is 391 g/mol. The number of amides is 1. The Kier molecular flexibility index (Phi) is 5.60. The quantitative estimate of drug-likeness (QED) is 0.364. The molecular formula is C17H17N3O4S2. The Morgan fingerprint density at radius 1 is 1.31 bits per heavy atom. The smallest absolute Gasteiger partial charge is 0.324 e. The summed E-state index contributed by atoms with van der Waals surface area (Å²) >= 11 is 2.26. The van der Waals surface area contributed by atoms with Gasteiger partial charge in [-0.1, -0.05) is 34.8 Å². The second kappa shape index (κ2) is 7.90. The maximum atomic E-state index is 12.5. The number of hydrogen-bond acceptors (Lipinski definition) is 6. The Morgan fingerprint density at radius 3 is 2.81 bits per heavy atom. The zero-order valence-electron chi connectivity index (χ0n) is 14.3. The lowest BCUT2D eigenvalue weighted by molar-refractivity contribution is -0.380. The first kappa shape index (κ1) is 18.4. The van der Waals surface area contributed by atoms with Gasteiger partial charge in [0.2, 0.25) is 0 Å². The Balaban J connectivity index is 2.05. The van der Waals surface area contributed by atoms with Gasteiger partial charge < -0.3 is 9.30 Å². The van der Waals surface area contributed by atoms with Crippen molar-refractivity contribution >= 4 is 43.8 Å². The number of thiazole rings is 1. The largest absolute Gasteiger partial charge is 0.380 e. The summed E-state index contributed by atoms with van der Waals surface area (Å²) < 4.78 is 8.46. The van der Waals surface area contributed by atoms with Crippen LogP contribution in [0.4, 0.5) is 5.00 Å². The third kappa shape index (κ3) is 3.74. The molecule has 3 rings (SSSR count). The van der Waals surface area contributed by atoms with Crippen LogP contribution in [0.2, 0.25) is 0 Å². The molecule has 0 spiro atoms. The van der Waals surface area contributed by atoms with Crippen molar-refractivity contribution in [1.82, 2.24) is 4.57 Å². The molecule has 0 aliphatic heterocycles. The number of carbonyl (C=O) groups excluding carboxylic acids is 1. The molecule has 2 aromatic heterocycles. The van der Waals surface area contributed by atoms with Gasteiger partial charge in [0.1, 0.15) is 4.88 Å². The van der Waals surface area contributed by atoms with E-state index in [0.29, 0.717) is 24.6 Å². The number of nitrogens with zero attached hydrogens (tertiary/aromatic N) is 3. The fraction of sp³-hybridized carbons (Fsp3) is 0.294. The number of carbonyl (C=O) groups is 1. The first-order valence-corrected chi connectivity index (χ1v) is 9.64. The summed E-state index contributed by atoms with van der Waals surface area (Å²) in [6, 6.07) is 8.74. The molecule has 0 saturated heterocycles. The summed E-state index contributed by atoms with van der Waals surface area (Å²) in [6.45, 7) is 5.66. The van der Waals surface area contributed by atoms with Gasteiger partial charge in [0, 0.05) is 19.2 Å². The molecule has 0 aliphatic carbocycles. The van der Waals surface area contributed by atoms with Gasteiger partial charge in [-0.3, -0.25) is 14.9 Å². The van der Waals surface area contributed by atoms with Crippen molar-refractivity contribution in [2.75, 3.05) is 13.2 Å². The van der Waals surface area contributed by atoms with Gasteiger partial charge in [0.15, 0.2) is 4.80 Å². The molecular weight excluding hydrogens is 374 g/mol. The van der Waals surface area contributed by atoms with Gasteiger partial charge in [0.25, 0.3) is 5.91 Å². The summed E-state index contributed by atoms with van der Waals surface area (Å²) in [5.41, 5.74) is 2.12. The molecule has 9 heteroatoms. The summed E-state index contributed by atoms with van der Waals surface area (Å²) in [5, 5.41) is 10.7. The van der Waals surface area contributed by atoms with Crippen LogP contribution in [0.15, 0.2) is 35.3 Å². The fourth-order valence-corrected chi connectivity index (χ4v) is 4.42. The van der Waals surface area contributed by atoms with Crippen LogP contribution in [0.3, 0.4) is 0 Å². The normalized spacial score (nSPS) is 12.0. The van der Waals surface area contributed by atoms with Crippen molar-refractivity contribution in [2.24, 2.45) is 4.99 Å². The van der Waals surface area contributed by atoms with Crippen LogP contribution in [0.5, 0.6) is 0 Å². The number of aryl methyl sites for hydroxylation is 1. The third-order valence-electron chi connectivity index (χ3n) is 3.75. The minimum atomic E-state index is -0.507. The van der Waals surface area contributed by atoms with E-state index in [2.05, 4.69) is 4.99 Å². The average Bonchev–Trinajstić information content (AvgIpc) is 3.21. The molecule has 26 heavy (non-hydrogen) atoms. The summed E-state index contributed by atoms with van der Waals surface area (Å²) in [6.07, 6.45) is 0. The van der Waals surface area contributed by atoms with Gasteiger partial charge in [-0.05, 0) is 31.5 Å². The number of benzene rings is 1. The van der Waals surface area contributed by atoms with E-state index in [0.717, 1.165) is 27.1 Å². The van der Waals surface area contributed by atoms with Gasteiger partial charge in [-0.15, -0.1) is 0 Å². The fourth-order valence-electron chi connectivity index (χ4n) is 2.58. The number of hydrogen-bond donors (Lipinski definition) is 0. The zero-order valence-corrected chi connectivity index (χ0v) is 15.9. The molecule has 0 bridgehead atoms. The molecule has 136 valence electrons. The molecule has 0 radical (unpaired) electrons. The van der Waals surface area contributed by atoms with Crippen molar-refractivity contribution < 1.29 is 14.5 Å². The predicted molar refractivity (Wildman–Crippen MR) is 102 cm³/mol. The minimum Gasteiger partial charge on any atom is -0.380 e. The highest BCUT2D eigenvalue weighted by Gasteiger charge is 2.16. The lowest BCUT2D eigenvalue weighted by Gasteiger charge is -2.07. The summed E-state index contributed by atoms with van der Waals surface area (Å²) in [5.74, 6) is -0.475. The van der Waals surface area contributed by atoms with E-state index in [1.54, 1.807) is 0 Å². The lowest BCUT2D eigenvalue weighted by Crippen LogP contribution is -2.20. The first-order chi connectivity index (χ1) is 12.5. The van der Waals surface area contributed by atoms with Crippen molar-refractivity contribution in [3.8, 4) is 0 Å². The number of rotatable bonds is 6. The predicted octanol–water partition coefficient (Wildman–Crippen LogP) is 3.76. The zero-order chi connectivity index (χ0) is 18.7. The van der Waals surface area contributed by atoms with Crippen LogP contribution in [-0.4, -0.2) is 28.6 Å². The average molecular weight is 391 g/mol. The molecule has 0 aliphatic rings. The van der Waals surface area contributed by atoms with Crippen LogP contribution in [0.1, 0.15) is 22.2 Å². The van der Waals surface area contributed by atoms with Gasteiger partial charge in [-0.2, -0.15) is 4.99 Å². The van der Waals surface area contributed by atoms with E-state index in [-0.39, 0.29) is 9.88 Å². The Bertz CT molecular complexity index is 1030. The molecule has 0 atom stereocenters. The van der Waals surface area contributed by atoms with Crippen molar-refractivity contribution in [3.63, 3.8) is 0 Å². The molecule has 1 aromatic carbocycles. The number of nitro groups is 1. The SMILES string of the molecule is CCOCCn1c(=NC(=O)c2ccc([N+](=O)[O-])s2)sc2cccc(C)c21. The van der Waals surface area contributed by atoms with Crippen molar-refractivity contribution in [3.05, 3.63) is 55.7 Å². The van der Waals surface area contributed by atoms with Crippen LogP contribution >= 0.6 is 22.7 Å². The van der Waals surface area contributed by atoms with E-state index in [1.165, 1.54) is 23.5 Å². The van der Waals surface area contributed by atoms with E-state index < -0.39 is 10.8 Å². The topological polar surface area (TPSA) is 86.7 Å². The Hall–Kier alpha value is -2.36. The Morgan fingerprint density at radius 2 is 2.12 bits per heavy atom. The van der Waals surface area contributed by atoms with Crippen molar-refractivity contribution in [1.29, 1.82) is 0 Å². The number of thiophene rings is 1. The second-order valence-corrected chi connectivity index (χ2v) is 7.54. The molecule has 7 nitrogen and oxygen atoms in total. The van der Waals surface area contributed by atoms with Crippen LogP contribution in [-0.2, 0) is 11.3 Å². The third-order valence-corrected chi connectivity index (χ3v) is 5.81. The van der Waals surface area contributed by atoms with Crippen LogP contribution in [0, 0.1) is 17.0 Å². The number of ether oxygens (including phenoxy) is 1. The Labute approximate surface area is 157 Å². The molecule has 2 heterocycles. The van der Waals surface area contributed by atoms with Crippen LogP contribution in [0.25, 0.3) is 10.2 Å². The summed E-state index contributed by atoms with van der Waals surface area (Å²) in [4.78, 5) is 27.8. The number of aromatic nitrogens is 1.